The van der Waals surface area contributed by atoms with E-state index in [2.05, 4.69) is 10.0 Å². The molecular formula is C20H21N3O4S. The van der Waals surface area contributed by atoms with Crippen LogP contribution in [0.2, 0.25) is 0 Å². The summed E-state index contributed by atoms with van der Waals surface area (Å²) in [6.45, 7) is 1.55. The fraction of sp³-hybridized carbons (Fsp3) is 0.150. The largest absolute Gasteiger partial charge is 0.494 e. The zero-order valence-corrected chi connectivity index (χ0v) is 16.4. The number of hydrogen-bond acceptors (Lipinski definition) is 4. The molecule has 0 aliphatic heterocycles. The van der Waals surface area contributed by atoms with Gasteiger partial charge in [-0.2, -0.15) is 0 Å². The van der Waals surface area contributed by atoms with E-state index in [0.29, 0.717) is 22.7 Å². The van der Waals surface area contributed by atoms with Gasteiger partial charge in [0.25, 0.3) is 5.91 Å². The number of sulfonamides is 1. The Hall–Kier alpha value is -3.26. The molecule has 2 aromatic carbocycles. The first-order valence-corrected chi connectivity index (χ1v) is 10.3. The highest BCUT2D eigenvalue weighted by atomic mass is 32.2. The summed E-state index contributed by atoms with van der Waals surface area (Å²) < 4.78 is 33.2. The zero-order valence-electron chi connectivity index (χ0n) is 15.5. The third-order valence-electron chi connectivity index (χ3n) is 4.14. The molecule has 2 N–H and O–H groups in total. The average Bonchev–Trinajstić information content (AvgIpc) is 3.24. The van der Waals surface area contributed by atoms with Crippen LogP contribution in [-0.4, -0.2) is 31.8 Å². The van der Waals surface area contributed by atoms with Crippen molar-refractivity contribution < 1.29 is 17.9 Å². The minimum atomic E-state index is -3.43. The van der Waals surface area contributed by atoms with Crippen LogP contribution in [0.1, 0.15) is 17.3 Å². The molecule has 3 rings (SSSR count). The van der Waals surface area contributed by atoms with Gasteiger partial charge >= 0.3 is 0 Å². The molecule has 28 heavy (non-hydrogen) atoms. The zero-order chi connectivity index (χ0) is 20.1. The lowest BCUT2D eigenvalue weighted by molar-refractivity contribution is 0.102. The predicted octanol–water partition coefficient (Wildman–Crippen LogP) is 3.50. The predicted molar refractivity (Wildman–Crippen MR) is 110 cm³/mol. The molecule has 7 nitrogen and oxygen atoms in total. The van der Waals surface area contributed by atoms with Gasteiger partial charge in [-0.3, -0.25) is 9.52 Å². The Labute approximate surface area is 164 Å². The number of carbonyl (C=O) groups is 1. The van der Waals surface area contributed by atoms with Crippen molar-refractivity contribution in [3.63, 3.8) is 0 Å². The van der Waals surface area contributed by atoms with E-state index in [4.69, 9.17) is 4.74 Å². The third kappa shape index (κ3) is 4.52. The van der Waals surface area contributed by atoms with Gasteiger partial charge in [-0.05, 0) is 55.5 Å². The van der Waals surface area contributed by atoms with Crippen molar-refractivity contribution >= 4 is 27.3 Å². The van der Waals surface area contributed by atoms with E-state index in [0.717, 1.165) is 5.69 Å². The first-order chi connectivity index (χ1) is 13.4. The monoisotopic (exact) mass is 399 g/mol. The minimum absolute atomic E-state index is 0.0480. The second-order valence-electron chi connectivity index (χ2n) is 6.01. The van der Waals surface area contributed by atoms with Crippen molar-refractivity contribution in [3.05, 3.63) is 72.6 Å². The fourth-order valence-corrected chi connectivity index (χ4v) is 3.24. The molecule has 0 bridgehead atoms. The molecule has 1 amide bonds. The number of nitrogens with zero attached hydrogens (tertiary/aromatic N) is 1. The van der Waals surface area contributed by atoms with Crippen LogP contribution in [0.5, 0.6) is 5.75 Å². The summed E-state index contributed by atoms with van der Waals surface area (Å²) in [6.07, 6.45) is 3.85. The van der Waals surface area contributed by atoms with Gasteiger partial charge < -0.3 is 14.6 Å². The number of rotatable bonds is 7. The van der Waals surface area contributed by atoms with E-state index >= 15 is 0 Å². The Kier molecular flexibility index (Phi) is 5.70. The van der Waals surface area contributed by atoms with E-state index in [1.165, 1.54) is 7.11 Å². The Bertz CT molecular complexity index is 1060. The number of anilines is 2. The van der Waals surface area contributed by atoms with Gasteiger partial charge in [0.1, 0.15) is 5.75 Å². The number of aromatic nitrogens is 1. The molecule has 0 unspecified atom stereocenters. The van der Waals surface area contributed by atoms with Gasteiger partial charge in [0.05, 0.1) is 18.6 Å². The summed E-state index contributed by atoms with van der Waals surface area (Å²) in [4.78, 5) is 12.5. The number of methoxy groups -OCH3 is 1. The highest BCUT2D eigenvalue weighted by Gasteiger charge is 2.13. The van der Waals surface area contributed by atoms with Crippen molar-refractivity contribution in [3.8, 4) is 11.4 Å². The lowest BCUT2D eigenvalue weighted by Gasteiger charge is -2.13. The van der Waals surface area contributed by atoms with Crippen LogP contribution in [0.15, 0.2) is 67.0 Å². The van der Waals surface area contributed by atoms with Crippen LogP contribution in [0.3, 0.4) is 0 Å². The lowest BCUT2D eigenvalue weighted by Crippen LogP contribution is -2.16. The lowest BCUT2D eigenvalue weighted by atomic mass is 10.2. The van der Waals surface area contributed by atoms with Crippen LogP contribution in [0.4, 0.5) is 11.4 Å². The Morgan fingerprint density at radius 3 is 2.36 bits per heavy atom. The first kappa shape index (κ1) is 19.5. The normalized spacial score (nSPS) is 11.1. The molecule has 0 atom stereocenters. The van der Waals surface area contributed by atoms with Gasteiger partial charge in [-0.1, -0.05) is 0 Å². The van der Waals surface area contributed by atoms with Gasteiger partial charge in [-0.25, -0.2) is 8.42 Å². The molecular weight excluding hydrogens is 378 g/mol. The van der Waals surface area contributed by atoms with E-state index in [9.17, 15) is 13.2 Å². The van der Waals surface area contributed by atoms with Crippen molar-refractivity contribution in [2.24, 2.45) is 0 Å². The molecule has 8 heteroatoms. The smallest absolute Gasteiger partial charge is 0.255 e. The second-order valence-corrected chi connectivity index (χ2v) is 8.02. The second kappa shape index (κ2) is 8.18. The highest BCUT2D eigenvalue weighted by molar-refractivity contribution is 7.92. The van der Waals surface area contributed by atoms with E-state index in [-0.39, 0.29) is 11.7 Å². The molecule has 1 heterocycles. The summed E-state index contributed by atoms with van der Waals surface area (Å²) in [5.74, 6) is -0.00558. The molecule has 3 aromatic rings. The van der Waals surface area contributed by atoms with Crippen molar-refractivity contribution in [1.29, 1.82) is 0 Å². The van der Waals surface area contributed by atoms with Gasteiger partial charge in [0.2, 0.25) is 10.0 Å². The Balaban J connectivity index is 1.75. The van der Waals surface area contributed by atoms with Crippen LogP contribution in [0, 0.1) is 0 Å². The summed E-state index contributed by atoms with van der Waals surface area (Å²) in [7, 11) is -1.99. The summed E-state index contributed by atoms with van der Waals surface area (Å²) in [5.41, 5.74) is 2.27. The van der Waals surface area contributed by atoms with Crippen molar-refractivity contribution in [2.45, 2.75) is 6.92 Å². The highest BCUT2D eigenvalue weighted by Crippen LogP contribution is 2.29. The minimum Gasteiger partial charge on any atom is -0.494 e. The van der Waals surface area contributed by atoms with Gasteiger partial charge in [0, 0.05) is 35.4 Å². The summed E-state index contributed by atoms with van der Waals surface area (Å²) in [6, 6.07) is 15.8. The number of carbonyl (C=O) groups excluding carboxylic acids is 1. The maximum absolute atomic E-state index is 12.5. The maximum atomic E-state index is 12.5. The number of hydrogen-bond donors (Lipinski definition) is 2. The SMILES string of the molecule is CCS(=O)(=O)Nc1ccc(NC(=O)c2ccc(-n3cccc3)cc2)cc1OC. The summed E-state index contributed by atoms with van der Waals surface area (Å²) in [5, 5.41) is 2.79. The molecule has 0 spiro atoms. The molecule has 0 radical (unpaired) electrons. The third-order valence-corrected chi connectivity index (χ3v) is 5.43. The molecule has 0 saturated carbocycles. The number of ether oxygens (including phenoxy) is 1. The van der Waals surface area contributed by atoms with Crippen molar-refractivity contribution in [2.75, 3.05) is 22.9 Å². The first-order valence-electron chi connectivity index (χ1n) is 8.65. The van der Waals surface area contributed by atoms with Gasteiger partial charge in [0.15, 0.2) is 0 Å². The summed E-state index contributed by atoms with van der Waals surface area (Å²) >= 11 is 0. The van der Waals surface area contributed by atoms with Crippen molar-refractivity contribution in [1.82, 2.24) is 4.57 Å². The molecule has 0 aliphatic rings. The fourth-order valence-electron chi connectivity index (χ4n) is 2.59. The Morgan fingerprint density at radius 1 is 1.07 bits per heavy atom. The standard InChI is InChI=1S/C20H21N3O4S/c1-3-28(25,26)22-18-11-8-16(14-19(18)27-2)21-20(24)15-6-9-17(10-7-15)23-12-4-5-13-23/h4-14,22H,3H2,1-2H3,(H,21,24). The Morgan fingerprint density at radius 2 is 1.75 bits per heavy atom. The molecule has 0 aliphatic carbocycles. The number of amides is 1. The number of nitrogens with one attached hydrogen (secondary N) is 2. The quantitative estimate of drug-likeness (QED) is 0.636. The average molecular weight is 399 g/mol. The van der Waals surface area contributed by atoms with Crippen LogP contribution in [-0.2, 0) is 10.0 Å². The van der Waals surface area contributed by atoms with Gasteiger partial charge in [-0.15, -0.1) is 0 Å². The van der Waals surface area contributed by atoms with Crippen LogP contribution in [0.25, 0.3) is 5.69 Å². The molecule has 1 aromatic heterocycles. The molecule has 0 fully saturated rings. The topological polar surface area (TPSA) is 89.4 Å². The maximum Gasteiger partial charge on any atom is 0.255 e. The van der Waals surface area contributed by atoms with E-state index in [1.54, 1.807) is 37.3 Å². The van der Waals surface area contributed by atoms with E-state index < -0.39 is 10.0 Å². The van der Waals surface area contributed by atoms with Crippen LogP contribution >= 0.6 is 0 Å². The molecule has 146 valence electrons. The van der Waals surface area contributed by atoms with E-state index in [1.807, 2.05) is 41.2 Å². The van der Waals surface area contributed by atoms with Crippen LogP contribution < -0.4 is 14.8 Å². The number of benzene rings is 2. The molecule has 0 saturated heterocycles.